The number of oxime groups is 1. The van der Waals surface area contributed by atoms with Gasteiger partial charge in [-0.3, -0.25) is 0 Å². The molecule has 10 heteroatoms. The first kappa shape index (κ1) is 24.5. The number of nitrogen functional groups attached to an aromatic ring is 1. The van der Waals surface area contributed by atoms with E-state index in [1.165, 1.54) is 19.2 Å². The molecular formula is C25H28FN5O4. The summed E-state index contributed by atoms with van der Waals surface area (Å²) >= 11 is 0. The number of nitrogens with two attached hydrogens (primary N) is 1. The molecule has 0 aliphatic heterocycles. The molecule has 9 nitrogen and oxygen atoms in total. The van der Waals surface area contributed by atoms with Crippen molar-refractivity contribution in [2.24, 2.45) is 11.1 Å². The van der Waals surface area contributed by atoms with Gasteiger partial charge in [-0.05, 0) is 43.0 Å². The summed E-state index contributed by atoms with van der Waals surface area (Å²) in [6, 6.07) is 9.99. The van der Waals surface area contributed by atoms with Crippen LogP contribution in [0.15, 0.2) is 41.6 Å². The van der Waals surface area contributed by atoms with Gasteiger partial charge < -0.3 is 25.5 Å². The first-order valence-corrected chi connectivity index (χ1v) is 11.3. The Kier molecular flexibility index (Phi) is 7.52. The number of rotatable bonds is 8. The van der Waals surface area contributed by atoms with Gasteiger partial charge in [-0.15, -0.1) is 0 Å². The van der Waals surface area contributed by atoms with Gasteiger partial charge in [-0.1, -0.05) is 17.3 Å². The number of fused-ring (bicyclic) bond motifs is 1. The SMILES string of the molecule is COc1cccc(-c2cc(F)ccc2C2C/C(=N\OCC(CO)CO)c3c(C)nc(N)nc3C2)n1. The summed E-state index contributed by atoms with van der Waals surface area (Å²) in [4.78, 5) is 18.7. The summed E-state index contributed by atoms with van der Waals surface area (Å²) in [6.45, 7) is 1.46. The van der Waals surface area contributed by atoms with E-state index in [2.05, 4.69) is 20.1 Å². The van der Waals surface area contributed by atoms with Crippen LogP contribution in [-0.4, -0.2) is 57.8 Å². The highest BCUT2D eigenvalue weighted by Gasteiger charge is 2.31. The number of methoxy groups -OCH3 is 1. The maximum atomic E-state index is 14.3. The van der Waals surface area contributed by atoms with Gasteiger partial charge in [0.1, 0.15) is 12.4 Å². The average Bonchev–Trinajstić information content (AvgIpc) is 2.86. The minimum Gasteiger partial charge on any atom is -0.481 e. The van der Waals surface area contributed by atoms with Crippen LogP contribution in [0.2, 0.25) is 0 Å². The predicted octanol–water partition coefficient (Wildman–Crippen LogP) is 2.63. The number of aromatic nitrogens is 3. The largest absolute Gasteiger partial charge is 0.481 e. The maximum absolute atomic E-state index is 14.3. The van der Waals surface area contributed by atoms with E-state index < -0.39 is 5.92 Å². The monoisotopic (exact) mass is 481 g/mol. The lowest BCUT2D eigenvalue weighted by Crippen LogP contribution is -2.25. The Hall–Kier alpha value is -3.63. The Balaban J connectivity index is 1.76. The molecule has 3 aromatic rings. The third-order valence-electron chi connectivity index (χ3n) is 6.02. The lowest BCUT2D eigenvalue weighted by Gasteiger charge is -2.28. The fourth-order valence-corrected chi connectivity index (χ4v) is 4.29. The van der Waals surface area contributed by atoms with Crippen molar-refractivity contribution in [1.29, 1.82) is 0 Å². The Morgan fingerprint density at radius 3 is 2.69 bits per heavy atom. The molecular weight excluding hydrogens is 453 g/mol. The number of benzene rings is 1. The Labute approximate surface area is 202 Å². The molecule has 1 aromatic carbocycles. The number of nitrogens with zero attached hydrogens (tertiary/aromatic N) is 4. The normalized spacial score (nSPS) is 16.4. The van der Waals surface area contributed by atoms with Crippen LogP contribution >= 0.6 is 0 Å². The van der Waals surface area contributed by atoms with Crippen LogP contribution in [0.5, 0.6) is 5.88 Å². The van der Waals surface area contributed by atoms with Gasteiger partial charge in [0.05, 0.1) is 43.1 Å². The van der Waals surface area contributed by atoms with E-state index in [4.69, 9.17) is 15.3 Å². The molecule has 2 aromatic heterocycles. The Bertz CT molecular complexity index is 1230. The van der Waals surface area contributed by atoms with E-state index >= 15 is 0 Å². The fraction of sp³-hybridized carbons (Fsp3) is 0.360. The van der Waals surface area contributed by atoms with Gasteiger partial charge in [0.25, 0.3) is 0 Å². The van der Waals surface area contributed by atoms with Crippen molar-refractivity contribution in [1.82, 2.24) is 15.0 Å². The number of anilines is 1. The second-order valence-electron chi connectivity index (χ2n) is 8.46. The zero-order chi connectivity index (χ0) is 24.9. The Morgan fingerprint density at radius 2 is 1.94 bits per heavy atom. The molecule has 184 valence electrons. The molecule has 0 amide bonds. The summed E-state index contributed by atoms with van der Waals surface area (Å²) in [5.74, 6) is -0.334. The van der Waals surface area contributed by atoms with Crippen LogP contribution in [0, 0.1) is 18.7 Å². The van der Waals surface area contributed by atoms with Gasteiger partial charge in [-0.2, -0.15) is 0 Å². The van der Waals surface area contributed by atoms with Gasteiger partial charge >= 0.3 is 0 Å². The second kappa shape index (κ2) is 10.7. The van der Waals surface area contributed by atoms with Crippen molar-refractivity contribution in [3.05, 3.63) is 64.7 Å². The predicted molar refractivity (Wildman–Crippen MR) is 129 cm³/mol. The standard InChI is InChI=1S/C25H28FN5O4/c1-14-24-21(30-25(27)28-14)8-16(9-22(24)31-35-13-15(11-32)12-33)18-7-6-17(26)10-19(18)20-4-3-5-23(29-20)34-2/h3-7,10,15-16,32-33H,8-9,11-13H2,1-2H3,(H2,27,28,30)/b31-22+. The number of aryl methyl sites for hydroxylation is 1. The number of hydrogen-bond acceptors (Lipinski definition) is 9. The molecule has 0 spiro atoms. The van der Waals surface area contributed by atoms with E-state index in [-0.39, 0.29) is 37.5 Å². The van der Waals surface area contributed by atoms with Crippen molar-refractivity contribution in [2.75, 3.05) is 32.7 Å². The number of pyridine rings is 1. The van der Waals surface area contributed by atoms with E-state index in [9.17, 15) is 14.6 Å². The van der Waals surface area contributed by atoms with Gasteiger partial charge in [-0.25, -0.2) is 19.3 Å². The molecule has 0 saturated heterocycles. The topological polar surface area (TPSA) is 136 Å². The lowest BCUT2D eigenvalue weighted by molar-refractivity contribution is 0.0481. The zero-order valence-electron chi connectivity index (χ0n) is 19.6. The smallest absolute Gasteiger partial charge is 0.220 e. The Morgan fingerprint density at radius 1 is 1.14 bits per heavy atom. The highest BCUT2D eigenvalue weighted by molar-refractivity contribution is 6.03. The number of halogens is 1. The number of aliphatic hydroxyl groups is 2. The van der Waals surface area contributed by atoms with Crippen molar-refractivity contribution < 1.29 is 24.2 Å². The maximum Gasteiger partial charge on any atom is 0.220 e. The molecule has 2 heterocycles. The van der Waals surface area contributed by atoms with Crippen molar-refractivity contribution >= 4 is 11.7 Å². The van der Waals surface area contributed by atoms with Gasteiger partial charge in [0.15, 0.2) is 0 Å². The molecule has 1 aliphatic carbocycles. The fourth-order valence-electron chi connectivity index (χ4n) is 4.29. The van der Waals surface area contributed by atoms with Crippen LogP contribution < -0.4 is 10.5 Å². The summed E-state index contributed by atoms with van der Waals surface area (Å²) in [5.41, 5.74) is 10.9. The summed E-state index contributed by atoms with van der Waals surface area (Å²) in [6.07, 6.45) is 1.02. The quantitative estimate of drug-likeness (QED) is 0.418. The van der Waals surface area contributed by atoms with E-state index in [0.717, 1.165) is 16.8 Å². The number of ether oxygens (including phenoxy) is 1. The highest BCUT2D eigenvalue weighted by Crippen LogP contribution is 2.38. The third kappa shape index (κ3) is 5.39. The molecule has 35 heavy (non-hydrogen) atoms. The van der Waals surface area contributed by atoms with Crippen molar-refractivity contribution in [3.8, 4) is 17.1 Å². The van der Waals surface area contributed by atoms with Gasteiger partial charge in [0.2, 0.25) is 11.8 Å². The van der Waals surface area contributed by atoms with E-state index in [0.29, 0.717) is 41.4 Å². The van der Waals surface area contributed by atoms with Crippen LogP contribution in [0.25, 0.3) is 11.3 Å². The molecule has 4 rings (SSSR count). The minimum atomic E-state index is -0.440. The molecule has 0 saturated carbocycles. The molecule has 0 fully saturated rings. The molecule has 4 N–H and O–H groups in total. The molecule has 0 radical (unpaired) electrons. The minimum absolute atomic E-state index is 0.0565. The molecule has 1 atom stereocenters. The molecule has 1 aliphatic rings. The van der Waals surface area contributed by atoms with Gasteiger partial charge in [0, 0.05) is 29.5 Å². The van der Waals surface area contributed by atoms with Crippen LogP contribution in [0.4, 0.5) is 10.3 Å². The van der Waals surface area contributed by atoms with Crippen LogP contribution in [0.3, 0.4) is 0 Å². The summed E-state index contributed by atoms with van der Waals surface area (Å²) in [7, 11) is 1.53. The highest BCUT2D eigenvalue weighted by atomic mass is 19.1. The number of hydrogen-bond donors (Lipinski definition) is 3. The lowest BCUT2D eigenvalue weighted by atomic mass is 9.79. The van der Waals surface area contributed by atoms with E-state index in [1.807, 2.05) is 19.1 Å². The van der Waals surface area contributed by atoms with Crippen LogP contribution in [-0.2, 0) is 11.3 Å². The first-order valence-electron chi connectivity index (χ1n) is 11.3. The summed E-state index contributed by atoms with van der Waals surface area (Å²) < 4.78 is 19.6. The van der Waals surface area contributed by atoms with Crippen molar-refractivity contribution in [2.45, 2.75) is 25.7 Å². The van der Waals surface area contributed by atoms with Crippen molar-refractivity contribution in [3.63, 3.8) is 0 Å². The second-order valence-corrected chi connectivity index (χ2v) is 8.46. The summed E-state index contributed by atoms with van der Waals surface area (Å²) in [5, 5.41) is 23.0. The first-order chi connectivity index (χ1) is 16.9. The molecule has 1 unspecified atom stereocenters. The molecule has 0 bridgehead atoms. The van der Waals surface area contributed by atoms with Crippen LogP contribution in [0.1, 0.15) is 34.9 Å². The van der Waals surface area contributed by atoms with E-state index in [1.54, 1.807) is 12.1 Å². The zero-order valence-corrected chi connectivity index (χ0v) is 19.6. The third-order valence-corrected chi connectivity index (χ3v) is 6.02. The average molecular weight is 482 g/mol. The number of aliphatic hydroxyl groups excluding tert-OH is 2.